The summed E-state index contributed by atoms with van der Waals surface area (Å²) in [7, 11) is 2.09. The predicted octanol–water partition coefficient (Wildman–Crippen LogP) is 0.924. The van der Waals surface area contributed by atoms with Crippen LogP contribution in [0.3, 0.4) is 0 Å². The Morgan fingerprint density at radius 2 is 2.29 bits per heavy atom. The van der Waals surface area contributed by atoms with Crippen LogP contribution in [0, 0.1) is 0 Å². The van der Waals surface area contributed by atoms with E-state index in [1.807, 2.05) is 6.07 Å². The molecule has 0 radical (unpaired) electrons. The number of anilines is 1. The van der Waals surface area contributed by atoms with Gasteiger partial charge in [0.1, 0.15) is 12.1 Å². The second-order valence-electron chi connectivity index (χ2n) is 3.77. The molecule has 4 heteroatoms. The molecule has 1 aliphatic rings. The first-order valence-electron chi connectivity index (χ1n) is 5.05. The minimum Gasteiger partial charge on any atom is -0.357 e. The number of hydrogen-bond acceptors (Lipinski definition) is 4. The highest BCUT2D eigenvalue weighted by Gasteiger charge is 2.22. The molecule has 0 aromatic carbocycles. The minimum absolute atomic E-state index is 0.480. The number of nitrogens with two attached hydrogens (primary N) is 1. The molecule has 0 saturated heterocycles. The van der Waals surface area contributed by atoms with Crippen molar-refractivity contribution in [3.63, 3.8) is 0 Å². The topological polar surface area (TPSA) is 55.0 Å². The van der Waals surface area contributed by atoms with Crippen LogP contribution < -0.4 is 10.6 Å². The van der Waals surface area contributed by atoms with Crippen molar-refractivity contribution in [2.75, 3.05) is 11.9 Å². The standard InChI is InChI=1S/C10H16N4/c1-14(9-3-2-4-9)10-5-8(6-11)12-7-13-10/h5,7,9H,2-4,6,11H2,1H3. The molecule has 1 aromatic heterocycles. The van der Waals surface area contributed by atoms with E-state index < -0.39 is 0 Å². The molecule has 0 unspecified atom stereocenters. The zero-order valence-corrected chi connectivity index (χ0v) is 8.48. The van der Waals surface area contributed by atoms with E-state index >= 15 is 0 Å². The average molecular weight is 192 g/mol. The van der Waals surface area contributed by atoms with Gasteiger partial charge in [0, 0.05) is 25.7 Å². The van der Waals surface area contributed by atoms with E-state index in [4.69, 9.17) is 5.73 Å². The summed E-state index contributed by atoms with van der Waals surface area (Å²) in [6.45, 7) is 0.480. The molecule has 1 fully saturated rings. The van der Waals surface area contributed by atoms with Gasteiger partial charge in [-0.15, -0.1) is 0 Å². The zero-order valence-electron chi connectivity index (χ0n) is 8.48. The van der Waals surface area contributed by atoms with Crippen LogP contribution in [0.2, 0.25) is 0 Å². The summed E-state index contributed by atoms with van der Waals surface area (Å²) in [4.78, 5) is 10.6. The van der Waals surface area contributed by atoms with Crippen LogP contribution in [0.15, 0.2) is 12.4 Å². The van der Waals surface area contributed by atoms with Gasteiger partial charge in [-0.25, -0.2) is 9.97 Å². The highest BCUT2D eigenvalue weighted by molar-refractivity contribution is 5.39. The smallest absolute Gasteiger partial charge is 0.132 e. The lowest BCUT2D eigenvalue weighted by atomic mass is 9.92. The Hall–Kier alpha value is -1.16. The maximum absolute atomic E-state index is 5.53. The van der Waals surface area contributed by atoms with Gasteiger partial charge in [-0.2, -0.15) is 0 Å². The lowest BCUT2D eigenvalue weighted by Crippen LogP contribution is -2.37. The SMILES string of the molecule is CN(c1cc(CN)ncn1)C1CCC1. The molecule has 14 heavy (non-hydrogen) atoms. The molecule has 76 valence electrons. The Balaban J connectivity index is 2.13. The second-order valence-corrected chi connectivity index (χ2v) is 3.77. The summed E-state index contributed by atoms with van der Waals surface area (Å²) in [5.41, 5.74) is 6.44. The summed E-state index contributed by atoms with van der Waals surface area (Å²) in [5, 5.41) is 0. The lowest BCUT2D eigenvalue weighted by Gasteiger charge is -2.35. The van der Waals surface area contributed by atoms with Crippen molar-refractivity contribution in [1.82, 2.24) is 9.97 Å². The molecule has 0 atom stereocenters. The van der Waals surface area contributed by atoms with E-state index in [0.717, 1.165) is 11.5 Å². The molecule has 2 rings (SSSR count). The molecule has 2 N–H and O–H groups in total. The second kappa shape index (κ2) is 3.92. The Labute approximate surface area is 84.2 Å². The van der Waals surface area contributed by atoms with Crippen LogP contribution in [-0.2, 0) is 6.54 Å². The molecule has 4 nitrogen and oxygen atoms in total. The molecular formula is C10H16N4. The summed E-state index contributed by atoms with van der Waals surface area (Å²) in [6.07, 6.45) is 5.48. The lowest BCUT2D eigenvalue weighted by molar-refractivity contribution is 0.399. The van der Waals surface area contributed by atoms with E-state index in [2.05, 4.69) is 21.9 Å². The van der Waals surface area contributed by atoms with E-state index in [1.54, 1.807) is 6.33 Å². The van der Waals surface area contributed by atoms with Gasteiger partial charge in [-0.1, -0.05) is 0 Å². The predicted molar refractivity (Wildman–Crippen MR) is 56.0 cm³/mol. The van der Waals surface area contributed by atoms with Crippen LogP contribution in [-0.4, -0.2) is 23.1 Å². The largest absolute Gasteiger partial charge is 0.357 e. The Kier molecular flexibility index (Phi) is 2.63. The highest BCUT2D eigenvalue weighted by Crippen LogP contribution is 2.26. The third-order valence-corrected chi connectivity index (χ3v) is 2.90. The summed E-state index contributed by atoms with van der Waals surface area (Å²) in [5.74, 6) is 0.991. The van der Waals surface area contributed by atoms with Gasteiger partial charge < -0.3 is 10.6 Å². The Morgan fingerprint density at radius 1 is 1.50 bits per heavy atom. The van der Waals surface area contributed by atoms with Crippen LogP contribution in [0.5, 0.6) is 0 Å². The van der Waals surface area contributed by atoms with E-state index in [9.17, 15) is 0 Å². The fourth-order valence-electron chi connectivity index (χ4n) is 1.65. The molecule has 0 aliphatic heterocycles. The molecule has 0 amide bonds. The quantitative estimate of drug-likeness (QED) is 0.774. The number of aromatic nitrogens is 2. The van der Waals surface area contributed by atoms with E-state index in [0.29, 0.717) is 12.6 Å². The molecule has 0 bridgehead atoms. The first-order valence-corrected chi connectivity index (χ1v) is 5.05. The van der Waals surface area contributed by atoms with Gasteiger partial charge in [0.05, 0.1) is 5.69 Å². The van der Waals surface area contributed by atoms with Gasteiger partial charge >= 0.3 is 0 Å². The number of nitrogens with zero attached hydrogens (tertiary/aromatic N) is 3. The van der Waals surface area contributed by atoms with Gasteiger partial charge in [0.25, 0.3) is 0 Å². The fraction of sp³-hybridized carbons (Fsp3) is 0.600. The first-order chi connectivity index (χ1) is 6.81. The average Bonchev–Trinajstić information content (AvgIpc) is 2.15. The van der Waals surface area contributed by atoms with Crippen LogP contribution in [0.1, 0.15) is 25.0 Å². The van der Waals surface area contributed by atoms with Gasteiger partial charge in [-0.3, -0.25) is 0 Å². The summed E-state index contributed by atoms with van der Waals surface area (Å²) in [6, 6.07) is 2.63. The van der Waals surface area contributed by atoms with E-state index in [1.165, 1.54) is 19.3 Å². The van der Waals surface area contributed by atoms with Crippen molar-refractivity contribution in [1.29, 1.82) is 0 Å². The zero-order chi connectivity index (χ0) is 9.97. The van der Waals surface area contributed by atoms with Crippen molar-refractivity contribution in [2.24, 2.45) is 5.73 Å². The summed E-state index contributed by atoms with van der Waals surface area (Å²) < 4.78 is 0. The molecule has 1 aliphatic carbocycles. The first kappa shape index (κ1) is 9.40. The monoisotopic (exact) mass is 192 g/mol. The van der Waals surface area contributed by atoms with Crippen molar-refractivity contribution in [2.45, 2.75) is 31.8 Å². The fourth-order valence-corrected chi connectivity index (χ4v) is 1.65. The Bertz CT molecular complexity index is 309. The van der Waals surface area contributed by atoms with Crippen LogP contribution >= 0.6 is 0 Å². The van der Waals surface area contributed by atoms with Gasteiger partial charge in [-0.05, 0) is 19.3 Å². The van der Waals surface area contributed by atoms with Crippen LogP contribution in [0.25, 0.3) is 0 Å². The van der Waals surface area contributed by atoms with Crippen molar-refractivity contribution in [3.8, 4) is 0 Å². The third-order valence-electron chi connectivity index (χ3n) is 2.90. The normalized spacial score (nSPS) is 16.4. The molecule has 1 aromatic rings. The summed E-state index contributed by atoms with van der Waals surface area (Å²) >= 11 is 0. The van der Waals surface area contributed by atoms with Crippen molar-refractivity contribution < 1.29 is 0 Å². The van der Waals surface area contributed by atoms with E-state index in [-0.39, 0.29) is 0 Å². The van der Waals surface area contributed by atoms with Crippen molar-refractivity contribution in [3.05, 3.63) is 18.1 Å². The van der Waals surface area contributed by atoms with Gasteiger partial charge in [0.2, 0.25) is 0 Å². The number of hydrogen-bond donors (Lipinski definition) is 1. The number of rotatable bonds is 3. The van der Waals surface area contributed by atoms with Gasteiger partial charge in [0.15, 0.2) is 0 Å². The van der Waals surface area contributed by atoms with Crippen molar-refractivity contribution >= 4 is 5.82 Å². The molecule has 1 saturated carbocycles. The maximum atomic E-state index is 5.53. The molecule has 0 spiro atoms. The molecular weight excluding hydrogens is 176 g/mol. The van der Waals surface area contributed by atoms with Crippen LogP contribution in [0.4, 0.5) is 5.82 Å². The third kappa shape index (κ3) is 1.70. The minimum atomic E-state index is 0.480. The molecule has 1 heterocycles. The Morgan fingerprint density at radius 3 is 2.86 bits per heavy atom. The maximum Gasteiger partial charge on any atom is 0.132 e. The highest BCUT2D eigenvalue weighted by atomic mass is 15.2.